The van der Waals surface area contributed by atoms with Crippen LogP contribution in [0.3, 0.4) is 0 Å². The summed E-state index contributed by atoms with van der Waals surface area (Å²) in [5.74, 6) is -0.0407. The lowest BCUT2D eigenvalue weighted by Gasteiger charge is -2.06. The number of thioether (sulfide) groups is 1. The third-order valence-corrected chi connectivity index (χ3v) is 4.08. The molecule has 0 heterocycles. The topological polar surface area (TPSA) is 37.3 Å². The van der Waals surface area contributed by atoms with Gasteiger partial charge in [-0.25, -0.2) is 4.79 Å². The molecule has 2 aromatic carbocycles. The first kappa shape index (κ1) is 13.7. The Bertz CT molecular complexity index is 612. The molecular formula is C16H16O2S. The maximum Gasteiger partial charge on any atom is 0.331 e. The number of allylic oxidation sites excluding steroid dienone is 1. The Morgan fingerprint density at radius 3 is 2.68 bits per heavy atom. The van der Waals surface area contributed by atoms with Gasteiger partial charge in [-0.2, -0.15) is 0 Å². The van der Waals surface area contributed by atoms with Crippen molar-refractivity contribution in [1.29, 1.82) is 0 Å². The Kier molecular flexibility index (Phi) is 4.63. The van der Waals surface area contributed by atoms with E-state index in [-0.39, 0.29) is 0 Å². The summed E-state index contributed by atoms with van der Waals surface area (Å²) in [6.07, 6.45) is 2.26. The lowest BCUT2D eigenvalue weighted by Crippen LogP contribution is -2.01. The Morgan fingerprint density at radius 2 is 1.95 bits per heavy atom. The molecule has 0 aliphatic rings. The summed E-state index contributed by atoms with van der Waals surface area (Å²) in [5.41, 5.74) is 0.479. The van der Waals surface area contributed by atoms with E-state index in [1.165, 1.54) is 15.7 Å². The second kappa shape index (κ2) is 6.43. The van der Waals surface area contributed by atoms with Gasteiger partial charge in [0, 0.05) is 16.2 Å². The molecule has 0 unspecified atom stereocenters. The number of rotatable bonds is 5. The average molecular weight is 272 g/mol. The SMILES string of the molecule is CC=C(CCSc1cccc2ccccc12)C(=O)O. The zero-order valence-electron chi connectivity index (χ0n) is 10.8. The van der Waals surface area contributed by atoms with E-state index in [0.29, 0.717) is 12.0 Å². The Hall–Kier alpha value is -1.74. The molecule has 1 N–H and O–H groups in total. The first-order valence-electron chi connectivity index (χ1n) is 6.21. The quantitative estimate of drug-likeness (QED) is 0.649. The fourth-order valence-corrected chi connectivity index (χ4v) is 3.03. The Labute approximate surface area is 117 Å². The minimum Gasteiger partial charge on any atom is -0.478 e. The Balaban J connectivity index is 2.08. The fourth-order valence-electron chi connectivity index (χ4n) is 1.97. The van der Waals surface area contributed by atoms with Gasteiger partial charge in [-0.3, -0.25) is 0 Å². The number of carbonyl (C=O) groups is 1. The molecule has 0 saturated carbocycles. The predicted octanol–water partition coefficient (Wildman–Crippen LogP) is 4.35. The van der Waals surface area contributed by atoms with E-state index in [0.717, 1.165) is 5.75 Å². The third-order valence-electron chi connectivity index (χ3n) is 3.00. The van der Waals surface area contributed by atoms with Crippen LogP contribution in [0, 0.1) is 0 Å². The van der Waals surface area contributed by atoms with Crippen molar-refractivity contribution in [2.24, 2.45) is 0 Å². The monoisotopic (exact) mass is 272 g/mol. The number of carboxylic acid groups (broad SMARTS) is 1. The van der Waals surface area contributed by atoms with Crippen molar-refractivity contribution in [2.75, 3.05) is 5.75 Å². The minimum atomic E-state index is -0.819. The van der Waals surface area contributed by atoms with Crippen LogP contribution in [0.2, 0.25) is 0 Å². The van der Waals surface area contributed by atoms with E-state index in [4.69, 9.17) is 5.11 Å². The first-order chi connectivity index (χ1) is 9.22. The van der Waals surface area contributed by atoms with Crippen molar-refractivity contribution in [3.63, 3.8) is 0 Å². The van der Waals surface area contributed by atoms with Crippen molar-refractivity contribution >= 4 is 28.5 Å². The molecular weight excluding hydrogens is 256 g/mol. The molecule has 98 valence electrons. The lowest BCUT2D eigenvalue weighted by molar-refractivity contribution is -0.132. The molecule has 0 spiro atoms. The largest absolute Gasteiger partial charge is 0.478 e. The number of hydrogen-bond donors (Lipinski definition) is 1. The highest BCUT2D eigenvalue weighted by molar-refractivity contribution is 7.99. The van der Waals surface area contributed by atoms with Crippen LogP contribution in [-0.4, -0.2) is 16.8 Å². The van der Waals surface area contributed by atoms with E-state index in [1.54, 1.807) is 24.8 Å². The number of hydrogen-bond acceptors (Lipinski definition) is 2. The zero-order chi connectivity index (χ0) is 13.7. The second-order valence-electron chi connectivity index (χ2n) is 4.19. The third kappa shape index (κ3) is 3.38. The molecule has 0 aromatic heterocycles. The van der Waals surface area contributed by atoms with Crippen molar-refractivity contribution < 1.29 is 9.90 Å². The predicted molar refractivity (Wildman–Crippen MR) is 80.7 cm³/mol. The molecule has 0 bridgehead atoms. The number of aliphatic carboxylic acids is 1. The molecule has 0 radical (unpaired) electrons. The van der Waals surface area contributed by atoms with E-state index < -0.39 is 5.97 Å². The van der Waals surface area contributed by atoms with Crippen molar-refractivity contribution in [3.8, 4) is 0 Å². The van der Waals surface area contributed by atoms with E-state index in [2.05, 4.69) is 24.3 Å². The smallest absolute Gasteiger partial charge is 0.331 e. The van der Waals surface area contributed by atoms with Crippen LogP contribution in [0.15, 0.2) is 59.0 Å². The van der Waals surface area contributed by atoms with Gasteiger partial charge in [0.2, 0.25) is 0 Å². The van der Waals surface area contributed by atoms with Crippen LogP contribution in [0.5, 0.6) is 0 Å². The van der Waals surface area contributed by atoms with Crippen LogP contribution in [0.25, 0.3) is 10.8 Å². The summed E-state index contributed by atoms with van der Waals surface area (Å²) < 4.78 is 0. The van der Waals surface area contributed by atoms with Gasteiger partial charge >= 0.3 is 5.97 Å². The molecule has 0 atom stereocenters. The zero-order valence-corrected chi connectivity index (χ0v) is 11.6. The summed E-state index contributed by atoms with van der Waals surface area (Å²) in [4.78, 5) is 12.1. The summed E-state index contributed by atoms with van der Waals surface area (Å²) in [5, 5.41) is 11.4. The van der Waals surface area contributed by atoms with Gasteiger partial charge in [0.05, 0.1) is 0 Å². The number of benzene rings is 2. The van der Waals surface area contributed by atoms with E-state index >= 15 is 0 Å². The maximum atomic E-state index is 10.9. The normalized spacial score (nSPS) is 11.7. The fraction of sp³-hybridized carbons (Fsp3) is 0.188. The second-order valence-corrected chi connectivity index (χ2v) is 5.33. The molecule has 0 aliphatic carbocycles. The van der Waals surface area contributed by atoms with Crippen LogP contribution in [0.4, 0.5) is 0 Å². The number of carboxylic acids is 1. The summed E-state index contributed by atoms with van der Waals surface area (Å²) in [6, 6.07) is 14.5. The van der Waals surface area contributed by atoms with Gasteiger partial charge in [0.15, 0.2) is 0 Å². The molecule has 0 saturated heterocycles. The molecule has 3 heteroatoms. The lowest BCUT2D eigenvalue weighted by atomic mass is 10.1. The van der Waals surface area contributed by atoms with Crippen LogP contribution >= 0.6 is 11.8 Å². The Morgan fingerprint density at radius 1 is 1.21 bits per heavy atom. The molecule has 2 nitrogen and oxygen atoms in total. The molecule has 2 rings (SSSR count). The van der Waals surface area contributed by atoms with Gasteiger partial charge in [-0.15, -0.1) is 11.8 Å². The van der Waals surface area contributed by atoms with Crippen molar-refractivity contribution in [1.82, 2.24) is 0 Å². The summed E-state index contributed by atoms with van der Waals surface area (Å²) in [7, 11) is 0. The molecule has 0 fully saturated rings. The summed E-state index contributed by atoms with van der Waals surface area (Å²) in [6.45, 7) is 1.77. The summed E-state index contributed by atoms with van der Waals surface area (Å²) >= 11 is 1.71. The molecule has 0 amide bonds. The van der Waals surface area contributed by atoms with Crippen LogP contribution < -0.4 is 0 Å². The molecule has 19 heavy (non-hydrogen) atoms. The number of fused-ring (bicyclic) bond motifs is 1. The van der Waals surface area contributed by atoms with Gasteiger partial charge in [-0.05, 0) is 30.2 Å². The maximum absolute atomic E-state index is 10.9. The van der Waals surface area contributed by atoms with Crippen LogP contribution in [0.1, 0.15) is 13.3 Å². The minimum absolute atomic E-state index is 0.479. The van der Waals surface area contributed by atoms with Crippen LogP contribution in [-0.2, 0) is 4.79 Å². The van der Waals surface area contributed by atoms with E-state index in [9.17, 15) is 4.79 Å². The van der Waals surface area contributed by atoms with Crippen molar-refractivity contribution in [2.45, 2.75) is 18.2 Å². The first-order valence-corrected chi connectivity index (χ1v) is 7.20. The van der Waals surface area contributed by atoms with Gasteiger partial charge in [-0.1, -0.05) is 42.5 Å². The van der Waals surface area contributed by atoms with E-state index in [1.807, 2.05) is 18.2 Å². The standard InChI is InChI=1S/C16H16O2S/c1-2-12(16(17)18)10-11-19-15-9-5-7-13-6-3-4-8-14(13)15/h2-9H,10-11H2,1H3,(H,17,18). The highest BCUT2D eigenvalue weighted by Crippen LogP contribution is 2.28. The molecule has 0 aliphatic heterocycles. The molecule has 2 aromatic rings. The van der Waals surface area contributed by atoms with Crippen molar-refractivity contribution in [3.05, 3.63) is 54.1 Å². The average Bonchev–Trinajstić information content (AvgIpc) is 2.43. The van der Waals surface area contributed by atoms with Gasteiger partial charge in [0.25, 0.3) is 0 Å². The van der Waals surface area contributed by atoms with Gasteiger partial charge < -0.3 is 5.11 Å². The highest BCUT2D eigenvalue weighted by Gasteiger charge is 2.06. The van der Waals surface area contributed by atoms with Gasteiger partial charge in [0.1, 0.15) is 0 Å². The highest BCUT2D eigenvalue weighted by atomic mass is 32.2.